The van der Waals surface area contributed by atoms with Gasteiger partial charge in [0, 0.05) is 17.3 Å². The standard InChI is InChI=1S/C11H15ClO3S/c1-3-8-15-9(2)10-4-6-11(7-5-10)16(12,13)14/h4-7,9H,3,8H2,1-2H3. The molecule has 1 rings (SSSR count). The van der Waals surface area contributed by atoms with Gasteiger partial charge in [0.05, 0.1) is 11.0 Å². The number of halogens is 1. The fourth-order valence-electron chi connectivity index (χ4n) is 1.29. The third-order valence-corrected chi connectivity index (χ3v) is 3.57. The normalized spacial score (nSPS) is 13.7. The molecule has 90 valence electrons. The van der Waals surface area contributed by atoms with Gasteiger partial charge in [0.1, 0.15) is 0 Å². The molecule has 0 aliphatic carbocycles. The van der Waals surface area contributed by atoms with Crippen LogP contribution >= 0.6 is 10.7 Å². The summed E-state index contributed by atoms with van der Waals surface area (Å²) in [5, 5.41) is 0. The Kier molecular flexibility index (Phi) is 4.77. The molecule has 16 heavy (non-hydrogen) atoms. The summed E-state index contributed by atoms with van der Waals surface area (Å²) >= 11 is 0. The van der Waals surface area contributed by atoms with Gasteiger partial charge in [-0.2, -0.15) is 0 Å². The van der Waals surface area contributed by atoms with E-state index in [1.807, 2.05) is 13.8 Å². The molecule has 0 aliphatic rings. The highest BCUT2D eigenvalue weighted by Gasteiger charge is 2.11. The average molecular weight is 263 g/mol. The summed E-state index contributed by atoms with van der Waals surface area (Å²) in [6.07, 6.45) is 0.922. The van der Waals surface area contributed by atoms with Gasteiger partial charge in [-0.3, -0.25) is 0 Å². The van der Waals surface area contributed by atoms with Crippen LogP contribution in [-0.4, -0.2) is 15.0 Å². The molecule has 1 atom stereocenters. The summed E-state index contributed by atoms with van der Waals surface area (Å²) in [5.41, 5.74) is 0.942. The van der Waals surface area contributed by atoms with Gasteiger partial charge in [-0.15, -0.1) is 0 Å². The van der Waals surface area contributed by atoms with E-state index in [0.717, 1.165) is 12.0 Å². The Balaban J connectivity index is 2.79. The van der Waals surface area contributed by atoms with Gasteiger partial charge in [-0.05, 0) is 31.0 Å². The van der Waals surface area contributed by atoms with Gasteiger partial charge in [0.2, 0.25) is 0 Å². The summed E-state index contributed by atoms with van der Waals surface area (Å²) in [6.45, 7) is 4.66. The van der Waals surface area contributed by atoms with Crippen LogP contribution in [0, 0.1) is 0 Å². The van der Waals surface area contributed by atoms with Gasteiger partial charge in [-0.1, -0.05) is 19.1 Å². The first-order valence-corrected chi connectivity index (χ1v) is 7.42. The minimum Gasteiger partial charge on any atom is -0.374 e. The minimum atomic E-state index is -3.63. The van der Waals surface area contributed by atoms with Crippen LogP contribution in [0.3, 0.4) is 0 Å². The molecular weight excluding hydrogens is 248 g/mol. The Hall–Kier alpha value is -0.580. The molecule has 0 saturated heterocycles. The SMILES string of the molecule is CCCOC(C)c1ccc(S(=O)(=O)Cl)cc1. The van der Waals surface area contributed by atoms with Gasteiger partial charge in [0.25, 0.3) is 9.05 Å². The largest absolute Gasteiger partial charge is 0.374 e. The highest BCUT2D eigenvalue weighted by Crippen LogP contribution is 2.21. The second-order valence-electron chi connectivity index (χ2n) is 3.52. The number of hydrogen-bond acceptors (Lipinski definition) is 3. The van der Waals surface area contributed by atoms with E-state index in [0.29, 0.717) is 6.61 Å². The monoisotopic (exact) mass is 262 g/mol. The Morgan fingerprint density at radius 1 is 1.31 bits per heavy atom. The predicted molar refractivity (Wildman–Crippen MR) is 64.1 cm³/mol. The maximum Gasteiger partial charge on any atom is 0.261 e. The molecule has 0 fully saturated rings. The van der Waals surface area contributed by atoms with E-state index < -0.39 is 9.05 Å². The predicted octanol–water partition coefficient (Wildman–Crippen LogP) is 3.10. The van der Waals surface area contributed by atoms with Crippen molar-refractivity contribution in [3.63, 3.8) is 0 Å². The third kappa shape index (κ3) is 3.77. The Morgan fingerprint density at radius 3 is 2.31 bits per heavy atom. The van der Waals surface area contributed by atoms with E-state index in [-0.39, 0.29) is 11.0 Å². The molecule has 0 N–H and O–H groups in total. The summed E-state index contributed by atoms with van der Waals surface area (Å²) < 4.78 is 27.6. The fourth-order valence-corrected chi connectivity index (χ4v) is 2.06. The van der Waals surface area contributed by atoms with Crippen LogP contribution < -0.4 is 0 Å². The maximum atomic E-state index is 11.0. The average Bonchev–Trinajstić information content (AvgIpc) is 2.25. The summed E-state index contributed by atoms with van der Waals surface area (Å²) in [5.74, 6) is 0. The van der Waals surface area contributed by atoms with Gasteiger partial charge < -0.3 is 4.74 Å². The Labute approximate surface area is 101 Å². The van der Waals surface area contributed by atoms with Crippen molar-refractivity contribution in [2.75, 3.05) is 6.61 Å². The lowest BCUT2D eigenvalue weighted by atomic mass is 10.1. The van der Waals surface area contributed by atoms with Gasteiger partial charge in [-0.25, -0.2) is 8.42 Å². The molecule has 0 bridgehead atoms. The molecule has 0 spiro atoms. The molecule has 0 amide bonds. The number of benzene rings is 1. The van der Waals surface area contributed by atoms with Crippen LogP contribution in [0.5, 0.6) is 0 Å². The molecule has 0 radical (unpaired) electrons. The summed E-state index contributed by atoms with van der Waals surface area (Å²) in [7, 11) is 1.58. The zero-order chi connectivity index (χ0) is 12.2. The lowest BCUT2D eigenvalue weighted by Crippen LogP contribution is -2.01. The van der Waals surface area contributed by atoms with Gasteiger partial charge in [0.15, 0.2) is 0 Å². The van der Waals surface area contributed by atoms with Crippen molar-refractivity contribution >= 4 is 19.7 Å². The molecular formula is C11H15ClO3S. The number of ether oxygens (including phenoxy) is 1. The van der Waals surface area contributed by atoms with E-state index in [1.165, 1.54) is 12.1 Å². The van der Waals surface area contributed by atoms with Crippen LogP contribution in [0.4, 0.5) is 0 Å². The smallest absolute Gasteiger partial charge is 0.261 e. The second-order valence-corrected chi connectivity index (χ2v) is 6.09. The van der Waals surface area contributed by atoms with E-state index in [2.05, 4.69) is 0 Å². The van der Waals surface area contributed by atoms with Crippen LogP contribution in [0.25, 0.3) is 0 Å². The Morgan fingerprint density at radius 2 is 1.88 bits per heavy atom. The quantitative estimate of drug-likeness (QED) is 0.766. The van der Waals surface area contributed by atoms with Crippen molar-refractivity contribution < 1.29 is 13.2 Å². The molecule has 0 saturated carbocycles. The third-order valence-electron chi connectivity index (χ3n) is 2.20. The van der Waals surface area contributed by atoms with Crippen LogP contribution in [-0.2, 0) is 13.8 Å². The van der Waals surface area contributed by atoms with E-state index >= 15 is 0 Å². The molecule has 0 heterocycles. The molecule has 0 aliphatic heterocycles. The highest BCUT2D eigenvalue weighted by molar-refractivity contribution is 8.13. The Bertz CT molecular complexity index is 425. The minimum absolute atomic E-state index is 0.0352. The molecule has 1 unspecified atom stereocenters. The molecule has 3 nitrogen and oxygen atoms in total. The van der Waals surface area contributed by atoms with Crippen LogP contribution in [0.15, 0.2) is 29.2 Å². The first-order chi connectivity index (χ1) is 7.45. The van der Waals surface area contributed by atoms with E-state index in [9.17, 15) is 8.42 Å². The van der Waals surface area contributed by atoms with Crippen molar-refractivity contribution in [3.8, 4) is 0 Å². The van der Waals surface area contributed by atoms with E-state index in [1.54, 1.807) is 12.1 Å². The number of rotatable bonds is 5. The van der Waals surface area contributed by atoms with Crippen molar-refractivity contribution in [1.29, 1.82) is 0 Å². The zero-order valence-corrected chi connectivity index (χ0v) is 10.9. The molecule has 1 aromatic rings. The lowest BCUT2D eigenvalue weighted by molar-refractivity contribution is 0.0662. The highest BCUT2D eigenvalue weighted by atomic mass is 35.7. The molecule has 5 heteroatoms. The van der Waals surface area contributed by atoms with Crippen molar-refractivity contribution in [1.82, 2.24) is 0 Å². The summed E-state index contributed by atoms with van der Waals surface area (Å²) in [6, 6.07) is 6.41. The van der Waals surface area contributed by atoms with Crippen molar-refractivity contribution in [2.45, 2.75) is 31.3 Å². The first-order valence-electron chi connectivity index (χ1n) is 5.11. The molecule has 0 aromatic heterocycles. The summed E-state index contributed by atoms with van der Waals surface area (Å²) in [4.78, 5) is 0.112. The fraction of sp³-hybridized carbons (Fsp3) is 0.455. The topological polar surface area (TPSA) is 43.4 Å². The second kappa shape index (κ2) is 5.66. The lowest BCUT2D eigenvalue weighted by Gasteiger charge is -2.12. The van der Waals surface area contributed by atoms with Crippen molar-refractivity contribution in [3.05, 3.63) is 29.8 Å². The van der Waals surface area contributed by atoms with Gasteiger partial charge >= 0.3 is 0 Å². The first kappa shape index (κ1) is 13.5. The maximum absolute atomic E-state index is 11.0. The molecule has 1 aromatic carbocycles. The van der Waals surface area contributed by atoms with Crippen LogP contribution in [0.1, 0.15) is 31.9 Å². The van der Waals surface area contributed by atoms with E-state index in [4.69, 9.17) is 15.4 Å². The zero-order valence-electron chi connectivity index (χ0n) is 9.31. The van der Waals surface area contributed by atoms with Crippen molar-refractivity contribution in [2.24, 2.45) is 0 Å². The van der Waals surface area contributed by atoms with Crippen LogP contribution in [0.2, 0.25) is 0 Å². The number of hydrogen-bond donors (Lipinski definition) is 0.